The smallest absolute Gasteiger partial charge is 0.207 e. The Morgan fingerprint density at radius 1 is 0.361 bits per heavy atom. The van der Waals surface area contributed by atoms with E-state index in [9.17, 15) is 30.6 Å². The Morgan fingerprint density at radius 3 is 1.15 bits per heavy atom. The van der Waals surface area contributed by atoms with E-state index in [4.69, 9.17) is 4.74 Å². The van der Waals surface area contributed by atoms with Crippen molar-refractivity contribution in [3.8, 4) is 11.5 Å². The lowest BCUT2D eigenvalue weighted by molar-refractivity contribution is 0.0979. The summed E-state index contributed by atoms with van der Waals surface area (Å²) >= 11 is 0. The molecule has 4 aliphatic heterocycles. The minimum absolute atomic E-state index is 0.0641. The van der Waals surface area contributed by atoms with E-state index in [1.807, 2.05) is 140 Å². The third kappa shape index (κ3) is 9.57. The van der Waals surface area contributed by atoms with Crippen LogP contribution in [0.4, 0.5) is 0 Å². The third-order valence-electron chi connectivity index (χ3n) is 12.3. The lowest BCUT2D eigenvalue weighted by Gasteiger charge is -2.19. The average Bonchev–Trinajstić information content (AvgIpc) is 3.81. The zero-order valence-electron chi connectivity index (χ0n) is 38.3. The van der Waals surface area contributed by atoms with Gasteiger partial charge in [-0.25, -0.2) is 21.0 Å². The molecular weight excluding hydrogens is 977 g/mol. The van der Waals surface area contributed by atoms with E-state index in [-0.39, 0.29) is 11.6 Å². The monoisotopic (exact) mass is 1020 g/mol. The van der Waals surface area contributed by atoms with Gasteiger partial charge in [0.25, 0.3) is 0 Å². The van der Waals surface area contributed by atoms with Gasteiger partial charge in [0.15, 0.2) is 11.6 Å². The van der Waals surface area contributed by atoms with Crippen LogP contribution >= 0.6 is 0 Å². The number of hydrogen-bond donors (Lipinski definition) is 0. The van der Waals surface area contributed by atoms with Crippen LogP contribution in [0.25, 0.3) is 6.08 Å². The number of hydrogen-bond acceptors (Lipinski definition) is 8. The molecule has 8 nitrogen and oxygen atoms in total. The molecule has 4 heterocycles. The van der Waals surface area contributed by atoms with Crippen LogP contribution in [0.1, 0.15) is 59.7 Å². The van der Waals surface area contributed by atoms with Gasteiger partial charge in [0, 0.05) is 43.9 Å². The van der Waals surface area contributed by atoms with E-state index in [0.717, 1.165) is 47.6 Å². The van der Waals surface area contributed by atoms with Crippen LogP contribution in [0.3, 0.4) is 0 Å². The maximum Gasteiger partial charge on any atom is 0.207 e. The van der Waals surface area contributed by atoms with Crippen molar-refractivity contribution >= 4 is 59.9 Å². The Bertz CT molecular complexity index is 3470. The van der Waals surface area contributed by atoms with E-state index < -0.39 is 42.2 Å². The molecule has 12 heteroatoms. The Hall–Kier alpha value is -7.74. The second-order valence-corrected chi connectivity index (χ2v) is 22.7. The van der Waals surface area contributed by atoms with Crippen molar-refractivity contribution in [2.24, 2.45) is 0 Å². The molecule has 14 rings (SSSR count). The lowest BCUT2D eigenvalue weighted by atomic mass is 9.84. The molecule has 9 aromatic carbocycles. The Balaban J connectivity index is 0.000000104. The molecular formula is C60H42O8S4. The molecule has 0 saturated heterocycles. The number of rotatable bonds is 0. The number of ketones is 2. The number of carbonyl (C=O) groups excluding carboxylic acids is 2. The number of carbonyl (C=O) groups is 2. The summed E-state index contributed by atoms with van der Waals surface area (Å²) in [5.74, 6) is 1.25. The van der Waals surface area contributed by atoms with Crippen LogP contribution in [0.5, 0.6) is 11.5 Å². The zero-order chi connectivity index (χ0) is 49.8. The molecule has 0 bridgehead atoms. The van der Waals surface area contributed by atoms with Gasteiger partial charge in [0.1, 0.15) is 11.5 Å². The maximum atomic E-state index is 12.3. The summed E-state index contributed by atoms with van der Waals surface area (Å²) < 4.78 is 65.7. The summed E-state index contributed by atoms with van der Waals surface area (Å²) in [5, 5.41) is 1.71. The molecule has 0 N–H and O–H groups in total. The van der Waals surface area contributed by atoms with Crippen LogP contribution in [0.15, 0.2) is 258 Å². The fourth-order valence-electron chi connectivity index (χ4n) is 8.80. The zero-order valence-corrected chi connectivity index (χ0v) is 41.5. The Morgan fingerprint density at radius 2 is 0.694 bits per heavy atom. The summed E-state index contributed by atoms with van der Waals surface area (Å²) in [5.41, 5.74) is 7.27. The molecule has 0 spiro atoms. The highest BCUT2D eigenvalue weighted by atomic mass is 32.2. The van der Waals surface area contributed by atoms with E-state index >= 15 is 0 Å². The van der Waals surface area contributed by atoms with Crippen LogP contribution in [-0.4, -0.2) is 32.6 Å². The number of para-hydroxylation sites is 2. The predicted molar refractivity (Wildman–Crippen MR) is 281 cm³/mol. The molecule has 1 atom stereocenters. The van der Waals surface area contributed by atoms with E-state index in [0.29, 0.717) is 50.0 Å². The van der Waals surface area contributed by atoms with Crippen molar-refractivity contribution in [3.63, 3.8) is 0 Å². The van der Waals surface area contributed by atoms with Crippen molar-refractivity contribution in [1.82, 2.24) is 0 Å². The minimum Gasteiger partial charge on any atom is -0.455 e. The number of sulfone groups is 1. The maximum absolute atomic E-state index is 12.3. The molecule has 72 heavy (non-hydrogen) atoms. The number of fused-ring (bicyclic) bond motifs is 9. The first kappa shape index (κ1) is 47.9. The normalized spacial score (nSPS) is 15.4. The summed E-state index contributed by atoms with van der Waals surface area (Å²) in [6.07, 6.45) is 3.50. The van der Waals surface area contributed by atoms with Gasteiger partial charge in [-0.05, 0) is 94.9 Å². The molecule has 5 aliphatic rings. The van der Waals surface area contributed by atoms with Crippen molar-refractivity contribution in [3.05, 3.63) is 274 Å². The molecule has 0 aromatic heterocycles. The van der Waals surface area contributed by atoms with Gasteiger partial charge < -0.3 is 4.74 Å². The van der Waals surface area contributed by atoms with Gasteiger partial charge in [-0.15, -0.1) is 0 Å². The highest BCUT2D eigenvalue weighted by molar-refractivity contribution is 7.91. The molecule has 0 radical (unpaired) electrons. The fraction of sp³-hybridized carbons (Fsp3) is 0.0333. The summed E-state index contributed by atoms with van der Waals surface area (Å²) in [7, 11) is -6.28. The molecule has 1 aliphatic carbocycles. The first-order valence-corrected chi connectivity index (χ1v) is 27.8. The van der Waals surface area contributed by atoms with Gasteiger partial charge in [0.05, 0.1) is 56.9 Å². The lowest BCUT2D eigenvalue weighted by Crippen LogP contribution is -2.20. The summed E-state index contributed by atoms with van der Waals surface area (Å²) in [6, 6.07) is 66.8. The first-order valence-electron chi connectivity index (χ1n) is 22.8. The predicted octanol–water partition coefficient (Wildman–Crippen LogP) is 12.4. The molecule has 0 fully saturated rings. The average molecular weight is 1020 g/mol. The first-order chi connectivity index (χ1) is 35.1. The molecule has 1 unspecified atom stereocenters. The van der Waals surface area contributed by atoms with Crippen LogP contribution in [-0.2, 0) is 55.1 Å². The van der Waals surface area contributed by atoms with Crippen molar-refractivity contribution in [1.29, 1.82) is 0 Å². The molecule has 0 saturated carbocycles. The summed E-state index contributed by atoms with van der Waals surface area (Å²) in [6.45, 7) is 0. The van der Waals surface area contributed by atoms with Crippen LogP contribution < -0.4 is 4.74 Å². The second-order valence-electron chi connectivity index (χ2n) is 16.7. The standard InChI is InChI=1S/C14H8O2.C13H10O2S.C13H10OS.C12H8O2S.C8H6OS/c15-13-9-5-1-2-6-10(9)14(16)12-8-4-3-7-11(12)13;14-16(15)12-7-3-1-5-10(12)9-11-6-2-4-8-13(11)16;14-15-12-7-3-1-5-10(12)9-11-6-2-4-8-13(11)15;13-15-11-7-3-1-5-9(11)14-10-6-2-4-8-12(10)15;9-10-6-5-7-3-1-2-4-8(7)10/h1-8H;1-8H,9H2;1-8H,9H2;1-8H;1-6H. The Kier molecular flexibility index (Phi) is 13.9. The topological polar surface area (TPSA) is 129 Å². The van der Waals surface area contributed by atoms with E-state index in [1.165, 1.54) is 11.1 Å². The van der Waals surface area contributed by atoms with E-state index in [1.54, 1.807) is 78.2 Å². The van der Waals surface area contributed by atoms with Gasteiger partial charge in [-0.2, -0.15) is 0 Å². The molecule has 0 amide bonds. The number of ether oxygens (including phenoxy) is 1. The Labute approximate surface area is 425 Å². The largest absolute Gasteiger partial charge is 0.455 e. The third-order valence-corrected chi connectivity index (χ3v) is 18.5. The van der Waals surface area contributed by atoms with Crippen molar-refractivity contribution in [2.75, 3.05) is 0 Å². The van der Waals surface area contributed by atoms with Crippen molar-refractivity contribution < 1.29 is 35.4 Å². The van der Waals surface area contributed by atoms with Gasteiger partial charge in [-0.1, -0.05) is 164 Å². The fourth-order valence-corrected chi connectivity index (χ4v) is 14.1. The minimum atomic E-state index is -3.30. The van der Waals surface area contributed by atoms with Gasteiger partial charge >= 0.3 is 0 Å². The quantitative estimate of drug-likeness (QED) is 0.147. The van der Waals surface area contributed by atoms with Crippen LogP contribution in [0.2, 0.25) is 0 Å². The van der Waals surface area contributed by atoms with Gasteiger partial charge in [0.2, 0.25) is 9.84 Å². The van der Waals surface area contributed by atoms with E-state index in [2.05, 4.69) is 12.1 Å². The van der Waals surface area contributed by atoms with Crippen molar-refractivity contribution in [2.45, 2.75) is 47.1 Å². The highest BCUT2D eigenvalue weighted by Gasteiger charge is 2.30. The summed E-state index contributed by atoms with van der Waals surface area (Å²) in [4.78, 5) is 29.5. The SMILES string of the molecule is O=C1c2ccccc2C(=O)c2ccccc21.O=S1(=O)c2ccccc2Cc2ccccc21.O=S1C=Cc2ccccc21.O=S1c2ccccc2Cc2ccccc21.O=S1c2ccccc2Oc2ccccc21. The molecule has 9 aromatic rings. The highest BCUT2D eigenvalue weighted by Crippen LogP contribution is 2.40. The van der Waals surface area contributed by atoms with Gasteiger partial charge in [-0.3, -0.25) is 9.59 Å². The number of benzene rings is 9. The molecule has 354 valence electrons. The second kappa shape index (κ2) is 20.9. The van der Waals surface area contributed by atoms with Crippen LogP contribution in [0, 0.1) is 0 Å².